The Hall–Kier alpha value is -5.31. The van der Waals surface area contributed by atoms with E-state index >= 15 is 4.39 Å². The second kappa shape index (κ2) is 12.0. The fourth-order valence-electron chi connectivity index (χ4n) is 3.96. The van der Waals surface area contributed by atoms with Crippen LogP contribution in [0.15, 0.2) is 68.0 Å². The Morgan fingerprint density at radius 1 is 0.900 bits per heavy atom. The maximum Gasteiger partial charge on any atom is 0.172 e. The highest BCUT2D eigenvalue weighted by Crippen LogP contribution is 2.33. The van der Waals surface area contributed by atoms with E-state index < -0.39 is 5.82 Å². The van der Waals surface area contributed by atoms with E-state index in [9.17, 15) is 0 Å². The van der Waals surface area contributed by atoms with Gasteiger partial charge in [0.15, 0.2) is 28.6 Å². The number of aromatic nitrogens is 6. The molecule has 1 aliphatic heterocycles. The predicted molar refractivity (Wildman–Crippen MR) is 160 cm³/mol. The minimum Gasteiger partial charge on any atom is -0.383 e. The maximum absolute atomic E-state index is 15.1. The number of nitrogens with two attached hydrogens (primary N) is 1. The van der Waals surface area contributed by atoms with Gasteiger partial charge in [0.05, 0.1) is 0 Å². The van der Waals surface area contributed by atoms with Gasteiger partial charge >= 0.3 is 0 Å². The summed E-state index contributed by atoms with van der Waals surface area (Å²) in [7, 11) is 0. The Bertz CT molecular complexity index is 1820. The van der Waals surface area contributed by atoms with Crippen LogP contribution in [-0.4, -0.2) is 29.9 Å². The summed E-state index contributed by atoms with van der Waals surface area (Å²) in [5.74, 6) is 0.435. The number of halogens is 1. The molecule has 3 aromatic rings. The van der Waals surface area contributed by atoms with Crippen LogP contribution < -0.4 is 11.2 Å². The molecule has 2 aromatic heterocycles. The summed E-state index contributed by atoms with van der Waals surface area (Å²) < 4.78 is 15.1. The standard InChI is InChI=1S/C31H29FN8/c1-6-9-13-21-17-36-29-23-14-10-11-15-24(23)30(40-29)38-27(34)22(12-7-2)20(8-3)16-35-28-19(5)25(32)31(39-28)37-26(33)18(21)4/h6-17H,1,3H2,2,4-5H3,(H2,33,35,37,39)(H2,34,36,38,40)/b12-7-,13-9-. The Kier molecular flexibility index (Phi) is 8.34. The fourth-order valence-corrected chi connectivity index (χ4v) is 3.96. The lowest BCUT2D eigenvalue weighted by molar-refractivity contribution is 0.629. The van der Waals surface area contributed by atoms with Crippen molar-refractivity contribution in [1.29, 1.82) is 5.41 Å². The van der Waals surface area contributed by atoms with Crippen molar-refractivity contribution in [3.05, 3.63) is 107 Å². The summed E-state index contributed by atoms with van der Waals surface area (Å²) in [6.45, 7) is 12.8. The quantitative estimate of drug-likeness (QED) is 0.265. The van der Waals surface area contributed by atoms with Crippen molar-refractivity contribution >= 4 is 35.3 Å². The van der Waals surface area contributed by atoms with Crippen LogP contribution in [0.4, 0.5) is 10.2 Å². The van der Waals surface area contributed by atoms with Gasteiger partial charge in [-0.05, 0) is 26.3 Å². The van der Waals surface area contributed by atoms with Crippen LogP contribution in [-0.2, 0) is 0 Å². The third-order valence-corrected chi connectivity index (χ3v) is 6.20. The molecule has 0 atom stereocenters. The van der Waals surface area contributed by atoms with Gasteiger partial charge < -0.3 is 10.7 Å². The van der Waals surface area contributed by atoms with Crippen molar-refractivity contribution in [3.63, 3.8) is 0 Å². The van der Waals surface area contributed by atoms with Gasteiger partial charge in [0.25, 0.3) is 0 Å². The highest BCUT2D eigenvalue weighted by molar-refractivity contribution is 5.82. The molecule has 0 aliphatic carbocycles. The maximum atomic E-state index is 15.1. The van der Waals surface area contributed by atoms with Crippen LogP contribution in [0.2, 0.25) is 0 Å². The molecule has 200 valence electrons. The van der Waals surface area contributed by atoms with E-state index in [4.69, 9.17) is 11.1 Å². The summed E-state index contributed by atoms with van der Waals surface area (Å²) in [6, 6.07) is 7.59. The molecule has 0 saturated heterocycles. The molecule has 8 nitrogen and oxygen atoms in total. The molecule has 0 unspecified atom stereocenters. The molecular formula is C31H29FN8. The van der Waals surface area contributed by atoms with Gasteiger partial charge in [-0.25, -0.2) is 29.3 Å². The molecule has 3 heterocycles. The first-order chi connectivity index (χ1) is 19.3. The van der Waals surface area contributed by atoms with Crippen molar-refractivity contribution in [3.8, 4) is 22.8 Å². The number of nitrogens with one attached hydrogen (secondary N) is 2. The zero-order valence-corrected chi connectivity index (χ0v) is 22.5. The number of rotatable bonds is 4. The fraction of sp³-hybridized carbons (Fsp3) is 0.0968. The van der Waals surface area contributed by atoms with E-state index in [1.165, 1.54) is 6.20 Å². The molecule has 4 N–H and O–H groups in total. The normalized spacial score (nSPS) is 11.2. The van der Waals surface area contributed by atoms with Crippen molar-refractivity contribution in [2.24, 2.45) is 0 Å². The molecule has 0 amide bonds. The number of fused-ring (bicyclic) bond motifs is 7. The largest absolute Gasteiger partial charge is 0.383 e. The van der Waals surface area contributed by atoms with Crippen molar-refractivity contribution < 1.29 is 4.39 Å². The SMILES string of the molecule is C=C/C=C\c1cnc2nc(nc(N)c(/C=C\C)c(C=C)cnc3[nH]c(nc(=N)c1C)c(F)c3C)-c1ccccc1-2. The van der Waals surface area contributed by atoms with E-state index in [0.717, 1.165) is 11.1 Å². The first-order valence-corrected chi connectivity index (χ1v) is 12.4. The van der Waals surface area contributed by atoms with Crippen LogP contribution in [0, 0.1) is 25.1 Å². The van der Waals surface area contributed by atoms with Gasteiger partial charge in [0, 0.05) is 45.8 Å². The van der Waals surface area contributed by atoms with Gasteiger partial charge in [0.2, 0.25) is 0 Å². The summed E-state index contributed by atoms with van der Waals surface area (Å²) in [4.78, 5) is 25.5. The van der Waals surface area contributed by atoms with Crippen LogP contribution in [0.25, 0.3) is 52.3 Å². The Morgan fingerprint density at radius 2 is 1.60 bits per heavy atom. The molecular weight excluding hydrogens is 503 g/mol. The summed E-state index contributed by atoms with van der Waals surface area (Å²) in [6.07, 6.45) is 13.4. The molecule has 4 bridgehead atoms. The number of allylic oxidation sites excluding steroid dienone is 3. The summed E-state index contributed by atoms with van der Waals surface area (Å²) >= 11 is 0. The molecule has 0 radical (unpaired) electrons. The molecule has 40 heavy (non-hydrogen) atoms. The van der Waals surface area contributed by atoms with Crippen molar-refractivity contribution in [2.75, 3.05) is 5.73 Å². The summed E-state index contributed by atoms with van der Waals surface area (Å²) in [5, 5.41) is 8.58. The van der Waals surface area contributed by atoms with Gasteiger partial charge in [-0.15, -0.1) is 0 Å². The minimum absolute atomic E-state index is 0.105. The third-order valence-electron chi connectivity index (χ3n) is 6.20. The second-order valence-electron chi connectivity index (χ2n) is 8.79. The Labute approximate surface area is 231 Å². The summed E-state index contributed by atoms with van der Waals surface area (Å²) in [5.41, 5.74) is 10.5. The lowest BCUT2D eigenvalue weighted by Gasteiger charge is -2.01. The van der Waals surface area contributed by atoms with Crippen LogP contribution in [0.3, 0.4) is 0 Å². The zero-order valence-electron chi connectivity index (χ0n) is 22.5. The molecule has 1 aliphatic rings. The average Bonchev–Trinajstić information content (AvgIpc) is 3.43. The number of nitrogens with zero attached hydrogens (tertiary/aromatic N) is 5. The molecule has 4 rings (SSSR count). The van der Waals surface area contributed by atoms with Gasteiger partial charge in [-0.2, -0.15) is 0 Å². The Morgan fingerprint density at radius 3 is 2.27 bits per heavy atom. The van der Waals surface area contributed by atoms with Crippen molar-refractivity contribution in [2.45, 2.75) is 20.8 Å². The molecule has 0 spiro atoms. The number of H-pyrrole nitrogens is 1. The number of nitrogen functional groups attached to an aromatic ring is 1. The van der Waals surface area contributed by atoms with Gasteiger partial charge in [-0.3, -0.25) is 5.41 Å². The third kappa shape index (κ3) is 5.58. The smallest absolute Gasteiger partial charge is 0.172 e. The number of benzene rings is 1. The minimum atomic E-state index is -0.599. The molecule has 9 heteroatoms. The van der Waals surface area contributed by atoms with E-state index in [1.54, 1.807) is 50.4 Å². The highest BCUT2D eigenvalue weighted by Gasteiger charge is 2.18. The monoisotopic (exact) mass is 532 g/mol. The van der Waals surface area contributed by atoms with Crippen LogP contribution in [0.5, 0.6) is 0 Å². The number of hydrogen-bond donors (Lipinski definition) is 3. The van der Waals surface area contributed by atoms with Crippen LogP contribution in [0.1, 0.15) is 34.7 Å². The van der Waals surface area contributed by atoms with Crippen LogP contribution >= 0.6 is 0 Å². The molecule has 0 fully saturated rings. The van der Waals surface area contributed by atoms with E-state index in [1.807, 2.05) is 37.3 Å². The van der Waals surface area contributed by atoms with Gasteiger partial charge in [-0.1, -0.05) is 73.9 Å². The lowest BCUT2D eigenvalue weighted by atomic mass is 10.1. The lowest BCUT2D eigenvalue weighted by Crippen LogP contribution is -2.08. The first kappa shape index (κ1) is 27.7. The number of aromatic amines is 1. The first-order valence-electron chi connectivity index (χ1n) is 12.4. The van der Waals surface area contributed by atoms with Crippen molar-refractivity contribution in [1.82, 2.24) is 29.9 Å². The second-order valence-corrected chi connectivity index (χ2v) is 8.79. The van der Waals surface area contributed by atoms with E-state index in [2.05, 4.69) is 43.1 Å². The van der Waals surface area contributed by atoms with E-state index in [0.29, 0.717) is 33.9 Å². The zero-order chi connectivity index (χ0) is 28.8. The number of aryl methyl sites for hydroxylation is 1. The topological polar surface area (TPSA) is 130 Å². The molecule has 1 aromatic carbocycles. The molecule has 0 saturated carbocycles. The Balaban J connectivity index is 2.24. The number of anilines is 1. The highest BCUT2D eigenvalue weighted by atomic mass is 19.1. The predicted octanol–water partition coefficient (Wildman–Crippen LogP) is 6.29. The average molecular weight is 533 g/mol. The van der Waals surface area contributed by atoms with Gasteiger partial charge in [0.1, 0.15) is 11.5 Å². The number of hydrogen-bond acceptors (Lipinski definition) is 7. The van der Waals surface area contributed by atoms with E-state index in [-0.39, 0.29) is 28.2 Å².